The Hall–Kier alpha value is -3.43. The van der Waals surface area contributed by atoms with E-state index >= 15 is 0 Å². The Kier molecular flexibility index (Phi) is 7.43. The predicted molar refractivity (Wildman–Crippen MR) is 143 cm³/mol. The summed E-state index contributed by atoms with van der Waals surface area (Å²) >= 11 is 1.72. The lowest BCUT2D eigenvalue weighted by Gasteiger charge is -2.41. The van der Waals surface area contributed by atoms with Crippen molar-refractivity contribution in [1.82, 2.24) is 14.7 Å². The van der Waals surface area contributed by atoms with Gasteiger partial charge in [0.1, 0.15) is 11.6 Å². The number of anilines is 1. The number of urea groups is 1. The highest BCUT2D eigenvalue weighted by atomic mass is 32.1. The van der Waals surface area contributed by atoms with Gasteiger partial charge in [0.05, 0.1) is 25.4 Å². The van der Waals surface area contributed by atoms with Crippen LogP contribution in [0.2, 0.25) is 0 Å². The van der Waals surface area contributed by atoms with Crippen molar-refractivity contribution in [1.29, 1.82) is 0 Å². The van der Waals surface area contributed by atoms with Gasteiger partial charge in [-0.15, -0.1) is 11.3 Å². The highest BCUT2D eigenvalue weighted by Gasteiger charge is 2.34. The Morgan fingerprint density at radius 3 is 2.73 bits per heavy atom. The smallest absolute Gasteiger partial charge is 0.322 e. The van der Waals surface area contributed by atoms with Crippen molar-refractivity contribution >= 4 is 29.0 Å². The fourth-order valence-corrected chi connectivity index (χ4v) is 6.20. The van der Waals surface area contributed by atoms with Gasteiger partial charge in [-0.25, -0.2) is 9.18 Å². The zero-order valence-corrected chi connectivity index (χ0v) is 21.8. The van der Waals surface area contributed by atoms with Crippen LogP contribution >= 0.6 is 11.3 Å². The zero-order valence-electron chi connectivity index (χ0n) is 21.0. The van der Waals surface area contributed by atoms with Gasteiger partial charge >= 0.3 is 6.03 Å². The number of carbonyl (C=O) groups is 2. The minimum absolute atomic E-state index is 0.0247. The van der Waals surface area contributed by atoms with Gasteiger partial charge in [-0.3, -0.25) is 9.69 Å². The Balaban J connectivity index is 1.24. The molecule has 1 N–H and O–H groups in total. The molecule has 2 aromatic carbocycles. The van der Waals surface area contributed by atoms with E-state index in [9.17, 15) is 14.0 Å². The third kappa shape index (κ3) is 5.33. The molecule has 0 saturated carbocycles. The van der Waals surface area contributed by atoms with Crippen molar-refractivity contribution in [3.05, 3.63) is 81.8 Å². The van der Waals surface area contributed by atoms with Crippen LogP contribution in [0.25, 0.3) is 0 Å². The lowest BCUT2D eigenvalue weighted by atomic mass is 9.93. The summed E-state index contributed by atoms with van der Waals surface area (Å²) in [5.41, 5.74) is 2.63. The molecule has 2 aliphatic heterocycles. The minimum atomic E-state index is -0.275. The largest absolute Gasteiger partial charge is 0.495 e. The lowest BCUT2D eigenvalue weighted by molar-refractivity contribution is -0.135. The summed E-state index contributed by atoms with van der Waals surface area (Å²) < 4.78 is 19.4. The number of rotatable bonds is 5. The summed E-state index contributed by atoms with van der Waals surface area (Å²) in [5, 5.41) is 5.00. The molecular weight excluding hydrogens is 491 g/mol. The number of carbonyl (C=O) groups excluding carboxylic acids is 2. The van der Waals surface area contributed by atoms with E-state index < -0.39 is 0 Å². The highest BCUT2D eigenvalue weighted by molar-refractivity contribution is 7.10. The van der Waals surface area contributed by atoms with Gasteiger partial charge in [0.15, 0.2) is 0 Å². The third-order valence-electron chi connectivity index (χ3n) is 7.16. The number of halogens is 1. The van der Waals surface area contributed by atoms with Crippen molar-refractivity contribution in [2.45, 2.75) is 25.4 Å². The summed E-state index contributed by atoms with van der Waals surface area (Å²) in [4.78, 5) is 33.4. The van der Waals surface area contributed by atoms with Gasteiger partial charge in [-0.2, -0.15) is 0 Å². The van der Waals surface area contributed by atoms with Crippen LogP contribution in [0.5, 0.6) is 5.75 Å². The van der Waals surface area contributed by atoms with Crippen LogP contribution in [-0.2, 0) is 11.2 Å². The summed E-state index contributed by atoms with van der Waals surface area (Å²) in [6, 6.07) is 15.5. The lowest BCUT2D eigenvalue weighted by Crippen LogP contribution is -2.58. The third-order valence-corrected chi connectivity index (χ3v) is 8.15. The SMILES string of the molecule is COc1ccccc1NC(=O)N1CCN(C(=O)CN2CCc3sccc3[C@H]2c2cccc(F)c2)C[C@@H]1C. The molecule has 1 aromatic heterocycles. The fraction of sp³-hybridized carbons (Fsp3) is 0.357. The second kappa shape index (κ2) is 10.9. The Morgan fingerprint density at radius 1 is 1.11 bits per heavy atom. The van der Waals surface area contributed by atoms with Gasteiger partial charge in [0.2, 0.25) is 5.91 Å². The van der Waals surface area contributed by atoms with Crippen LogP contribution in [0, 0.1) is 5.82 Å². The van der Waals surface area contributed by atoms with Crippen molar-refractivity contribution in [3.63, 3.8) is 0 Å². The first kappa shape index (κ1) is 25.2. The highest BCUT2D eigenvalue weighted by Crippen LogP contribution is 2.38. The van der Waals surface area contributed by atoms with Gasteiger partial charge in [0.25, 0.3) is 0 Å². The number of methoxy groups -OCH3 is 1. The number of piperazine rings is 1. The second-order valence-electron chi connectivity index (χ2n) is 9.49. The molecule has 3 aromatic rings. The molecule has 2 atom stereocenters. The number of para-hydroxylation sites is 2. The van der Waals surface area contributed by atoms with Crippen molar-refractivity contribution in [2.24, 2.45) is 0 Å². The summed E-state index contributed by atoms with van der Waals surface area (Å²) in [6.45, 7) is 4.30. The molecule has 1 saturated heterocycles. The van der Waals surface area contributed by atoms with Gasteiger partial charge in [-0.1, -0.05) is 24.3 Å². The fourth-order valence-electron chi connectivity index (χ4n) is 5.30. The molecule has 0 spiro atoms. The number of thiophene rings is 1. The number of nitrogens with zero attached hydrogens (tertiary/aromatic N) is 3. The Labute approximate surface area is 220 Å². The summed E-state index contributed by atoms with van der Waals surface area (Å²) in [7, 11) is 1.57. The maximum Gasteiger partial charge on any atom is 0.322 e. The van der Waals surface area contributed by atoms with Crippen LogP contribution in [0.3, 0.4) is 0 Å². The zero-order chi connectivity index (χ0) is 25.9. The van der Waals surface area contributed by atoms with E-state index in [2.05, 4.69) is 21.7 Å². The van der Waals surface area contributed by atoms with E-state index in [-0.39, 0.29) is 36.4 Å². The standard InChI is InChI=1S/C28H31FN4O3S/c1-19-17-31(13-14-33(19)28(35)30-23-8-3-4-9-24(23)36-2)26(34)18-32-12-10-25-22(11-15-37-25)27(32)20-6-5-7-21(29)16-20/h3-9,11,15-16,19,27H,10,12-14,17-18H2,1-2H3,(H,30,35)/t19-,27+/m0/s1. The number of benzene rings is 2. The monoisotopic (exact) mass is 522 g/mol. The van der Waals surface area contributed by atoms with Gasteiger partial charge in [0, 0.05) is 37.1 Å². The van der Waals surface area contributed by atoms with E-state index in [0.29, 0.717) is 31.1 Å². The summed E-state index contributed by atoms with van der Waals surface area (Å²) in [6.07, 6.45) is 0.874. The number of hydrogen-bond acceptors (Lipinski definition) is 5. The van der Waals surface area contributed by atoms with E-state index in [0.717, 1.165) is 24.1 Å². The van der Waals surface area contributed by atoms with Crippen LogP contribution in [0.1, 0.15) is 29.0 Å². The topological polar surface area (TPSA) is 65.1 Å². The second-order valence-corrected chi connectivity index (χ2v) is 10.5. The molecule has 7 nitrogen and oxygen atoms in total. The number of ether oxygens (including phenoxy) is 1. The molecule has 1 fully saturated rings. The van der Waals surface area contributed by atoms with Crippen LogP contribution in [-0.4, -0.2) is 72.5 Å². The van der Waals surface area contributed by atoms with E-state index in [4.69, 9.17) is 4.74 Å². The number of hydrogen-bond donors (Lipinski definition) is 1. The maximum atomic E-state index is 14.1. The molecule has 0 radical (unpaired) electrons. The normalized spacial score (nSPS) is 19.9. The number of nitrogens with one attached hydrogen (secondary N) is 1. The van der Waals surface area contributed by atoms with Crippen LogP contribution < -0.4 is 10.1 Å². The van der Waals surface area contributed by atoms with Gasteiger partial charge < -0.3 is 19.9 Å². The van der Waals surface area contributed by atoms with Crippen molar-refractivity contribution in [3.8, 4) is 5.75 Å². The van der Waals surface area contributed by atoms with Crippen molar-refractivity contribution < 1.29 is 18.7 Å². The quantitative estimate of drug-likeness (QED) is 0.532. The molecule has 2 aliphatic rings. The molecule has 5 rings (SSSR count). The first-order chi connectivity index (χ1) is 17.9. The Bertz CT molecular complexity index is 1280. The average Bonchev–Trinajstić information content (AvgIpc) is 3.37. The molecule has 3 amide bonds. The van der Waals surface area contributed by atoms with Crippen LogP contribution in [0.4, 0.5) is 14.9 Å². The molecule has 0 bridgehead atoms. The first-order valence-corrected chi connectivity index (χ1v) is 13.4. The molecule has 0 aliphatic carbocycles. The van der Waals surface area contributed by atoms with Crippen LogP contribution in [0.15, 0.2) is 60.0 Å². The molecule has 194 valence electrons. The summed E-state index contributed by atoms with van der Waals surface area (Å²) in [5.74, 6) is 0.347. The molecule has 37 heavy (non-hydrogen) atoms. The van der Waals surface area contributed by atoms with E-state index in [1.807, 2.05) is 30.0 Å². The molecular formula is C28H31FN4O3S. The van der Waals surface area contributed by atoms with Crippen molar-refractivity contribution in [2.75, 3.05) is 45.2 Å². The number of fused-ring (bicyclic) bond motifs is 1. The number of amides is 3. The maximum absolute atomic E-state index is 14.1. The molecule has 9 heteroatoms. The minimum Gasteiger partial charge on any atom is -0.495 e. The van der Waals surface area contributed by atoms with E-state index in [1.165, 1.54) is 10.9 Å². The van der Waals surface area contributed by atoms with E-state index in [1.54, 1.807) is 47.6 Å². The first-order valence-electron chi connectivity index (χ1n) is 12.5. The van der Waals surface area contributed by atoms with Gasteiger partial charge in [-0.05, 0) is 60.2 Å². The molecule has 3 heterocycles. The average molecular weight is 523 g/mol. The predicted octanol–water partition coefficient (Wildman–Crippen LogP) is 4.61. The molecule has 0 unspecified atom stereocenters. The Morgan fingerprint density at radius 2 is 1.95 bits per heavy atom.